The molecule has 1 atom stereocenters. The maximum absolute atomic E-state index is 12.4. The van der Waals surface area contributed by atoms with E-state index in [1.54, 1.807) is 23.6 Å². The van der Waals surface area contributed by atoms with Crippen molar-refractivity contribution in [2.45, 2.75) is 18.9 Å². The largest absolute Gasteiger partial charge is 0.301 e. The summed E-state index contributed by atoms with van der Waals surface area (Å²) in [5.41, 5.74) is 1.27. The molecule has 0 spiro atoms. The van der Waals surface area contributed by atoms with Crippen molar-refractivity contribution in [3.63, 3.8) is 0 Å². The number of aromatic nitrogens is 1. The molecule has 1 fully saturated rings. The van der Waals surface area contributed by atoms with Gasteiger partial charge in [-0.1, -0.05) is 23.2 Å². The van der Waals surface area contributed by atoms with E-state index >= 15 is 0 Å². The third-order valence-electron chi connectivity index (χ3n) is 3.87. The van der Waals surface area contributed by atoms with E-state index in [0.29, 0.717) is 45.8 Å². The predicted octanol–water partition coefficient (Wildman–Crippen LogP) is 3.48. The number of carbonyl (C=O) groups is 1. The highest BCUT2D eigenvalue weighted by molar-refractivity contribution is 7.88. The number of sulfonamides is 1. The maximum Gasteiger partial charge on any atom is 0.244 e. The molecule has 10 heteroatoms. The van der Waals surface area contributed by atoms with Gasteiger partial charge in [0.15, 0.2) is 5.13 Å². The van der Waals surface area contributed by atoms with Gasteiger partial charge in [-0.3, -0.25) is 4.79 Å². The van der Waals surface area contributed by atoms with Crippen LogP contribution in [0.15, 0.2) is 23.6 Å². The Bertz CT molecular complexity index is 914. The molecule has 1 aromatic heterocycles. The van der Waals surface area contributed by atoms with Gasteiger partial charge in [-0.15, -0.1) is 11.3 Å². The molecule has 0 radical (unpaired) electrons. The Morgan fingerprint density at radius 3 is 2.88 bits per heavy atom. The zero-order chi connectivity index (χ0) is 18.2. The molecule has 0 saturated carbocycles. The molecular weight excluding hydrogens is 405 g/mol. The Hall–Kier alpha value is -1.19. The first-order valence-corrected chi connectivity index (χ1v) is 10.9. The van der Waals surface area contributed by atoms with Crippen LogP contribution in [0.3, 0.4) is 0 Å². The predicted molar refractivity (Wildman–Crippen MR) is 101 cm³/mol. The summed E-state index contributed by atoms with van der Waals surface area (Å²) in [6.45, 7) is 0.359. The number of thiazole rings is 1. The summed E-state index contributed by atoms with van der Waals surface area (Å²) >= 11 is 13.4. The first-order valence-electron chi connectivity index (χ1n) is 7.44. The summed E-state index contributed by atoms with van der Waals surface area (Å²) in [7, 11) is -3.41. The van der Waals surface area contributed by atoms with E-state index < -0.39 is 16.1 Å². The van der Waals surface area contributed by atoms with E-state index in [4.69, 9.17) is 23.2 Å². The number of hydrogen-bond acceptors (Lipinski definition) is 5. The Kier molecular flexibility index (Phi) is 5.36. The van der Waals surface area contributed by atoms with Gasteiger partial charge in [-0.25, -0.2) is 13.4 Å². The molecule has 1 amide bonds. The molecular formula is C15H15Cl2N3O3S2. The van der Waals surface area contributed by atoms with Gasteiger partial charge >= 0.3 is 0 Å². The van der Waals surface area contributed by atoms with Crippen molar-refractivity contribution in [1.82, 2.24) is 9.29 Å². The van der Waals surface area contributed by atoms with Gasteiger partial charge in [-0.2, -0.15) is 4.31 Å². The molecule has 2 heterocycles. The quantitative estimate of drug-likeness (QED) is 0.822. The van der Waals surface area contributed by atoms with Crippen molar-refractivity contribution in [3.8, 4) is 11.3 Å². The lowest BCUT2D eigenvalue weighted by molar-refractivity contribution is -0.119. The van der Waals surface area contributed by atoms with Crippen LogP contribution >= 0.6 is 34.5 Å². The highest BCUT2D eigenvalue weighted by Gasteiger charge is 2.36. The third-order valence-corrected chi connectivity index (χ3v) is 6.48. The molecule has 0 bridgehead atoms. The van der Waals surface area contributed by atoms with Crippen LogP contribution in [0, 0.1) is 0 Å². The van der Waals surface area contributed by atoms with Crippen molar-refractivity contribution >= 4 is 55.6 Å². The monoisotopic (exact) mass is 419 g/mol. The fraction of sp³-hybridized carbons (Fsp3) is 0.333. The fourth-order valence-corrected chi connectivity index (χ4v) is 4.96. The molecule has 1 aliphatic heterocycles. The number of amides is 1. The van der Waals surface area contributed by atoms with Crippen LogP contribution in [-0.2, 0) is 14.8 Å². The zero-order valence-electron chi connectivity index (χ0n) is 13.2. The average molecular weight is 420 g/mol. The van der Waals surface area contributed by atoms with E-state index in [9.17, 15) is 13.2 Å². The van der Waals surface area contributed by atoms with Crippen LogP contribution in [0.5, 0.6) is 0 Å². The number of carbonyl (C=O) groups excluding carboxylic acids is 1. The van der Waals surface area contributed by atoms with E-state index in [-0.39, 0.29) is 5.91 Å². The molecule has 6 nitrogen and oxygen atoms in total. The highest BCUT2D eigenvalue weighted by Crippen LogP contribution is 2.33. The van der Waals surface area contributed by atoms with Crippen LogP contribution in [0.4, 0.5) is 5.13 Å². The molecule has 1 saturated heterocycles. The van der Waals surface area contributed by atoms with Crippen LogP contribution in [0.1, 0.15) is 12.8 Å². The van der Waals surface area contributed by atoms with E-state index in [1.165, 1.54) is 15.6 Å². The lowest BCUT2D eigenvalue weighted by Crippen LogP contribution is -2.42. The molecule has 0 aliphatic carbocycles. The van der Waals surface area contributed by atoms with Gasteiger partial charge < -0.3 is 5.32 Å². The summed E-state index contributed by atoms with van der Waals surface area (Å²) in [6, 6.07) is 4.37. The smallest absolute Gasteiger partial charge is 0.244 e. The van der Waals surface area contributed by atoms with Crippen LogP contribution in [0.25, 0.3) is 11.3 Å². The van der Waals surface area contributed by atoms with Gasteiger partial charge in [-0.05, 0) is 31.0 Å². The minimum Gasteiger partial charge on any atom is -0.301 e. The van der Waals surface area contributed by atoms with E-state index in [2.05, 4.69) is 10.3 Å². The van der Waals surface area contributed by atoms with Crippen molar-refractivity contribution in [2.75, 3.05) is 18.1 Å². The van der Waals surface area contributed by atoms with Crippen molar-refractivity contribution in [2.24, 2.45) is 0 Å². The molecule has 25 heavy (non-hydrogen) atoms. The molecule has 1 unspecified atom stereocenters. The Labute approximate surface area is 159 Å². The zero-order valence-corrected chi connectivity index (χ0v) is 16.3. The number of rotatable bonds is 4. The van der Waals surface area contributed by atoms with Gasteiger partial charge in [0.2, 0.25) is 15.9 Å². The van der Waals surface area contributed by atoms with Crippen LogP contribution in [-0.4, -0.2) is 42.5 Å². The minimum absolute atomic E-state index is 0.359. The summed E-state index contributed by atoms with van der Waals surface area (Å²) in [4.78, 5) is 16.8. The van der Waals surface area contributed by atoms with Crippen LogP contribution in [0.2, 0.25) is 10.0 Å². The number of anilines is 1. The van der Waals surface area contributed by atoms with Gasteiger partial charge in [0.1, 0.15) is 6.04 Å². The Morgan fingerprint density at radius 1 is 1.40 bits per heavy atom. The van der Waals surface area contributed by atoms with E-state index in [1.807, 2.05) is 0 Å². The second kappa shape index (κ2) is 7.20. The average Bonchev–Trinajstić information content (AvgIpc) is 3.18. The number of benzene rings is 1. The first-order chi connectivity index (χ1) is 11.8. The topological polar surface area (TPSA) is 79.4 Å². The third kappa shape index (κ3) is 4.15. The summed E-state index contributed by atoms with van der Waals surface area (Å²) in [5.74, 6) is -0.374. The van der Waals surface area contributed by atoms with Crippen molar-refractivity contribution in [3.05, 3.63) is 33.6 Å². The molecule has 3 rings (SSSR count). The number of halogens is 2. The van der Waals surface area contributed by atoms with E-state index in [0.717, 1.165) is 6.26 Å². The normalized spacial score (nSPS) is 18.4. The first kappa shape index (κ1) is 18.6. The lowest BCUT2D eigenvalue weighted by Gasteiger charge is -2.20. The minimum atomic E-state index is -3.41. The lowest BCUT2D eigenvalue weighted by atomic mass is 10.2. The molecule has 134 valence electrons. The molecule has 2 aromatic rings. The standard InChI is InChI=1S/C15H15Cl2N3O3S2/c1-25(22,23)20-6-2-3-13(20)14(21)19-15-18-12(8-24-15)10-7-9(16)4-5-11(10)17/h4-5,7-8,13H,2-3,6H2,1H3,(H,18,19,21). The highest BCUT2D eigenvalue weighted by atomic mass is 35.5. The van der Waals surface area contributed by atoms with Gasteiger partial charge in [0, 0.05) is 22.5 Å². The second-order valence-corrected chi connectivity index (χ2v) is 9.32. The Morgan fingerprint density at radius 2 is 2.16 bits per heavy atom. The van der Waals surface area contributed by atoms with Crippen LogP contribution < -0.4 is 5.32 Å². The summed E-state index contributed by atoms with van der Waals surface area (Å²) in [5, 5.41) is 5.88. The number of nitrogens with one attached hydrogen (secondary N) is 1. The molecule has 1 N–H and O–H groups in total. The van der Waals surface area contributed by atoms with Crippen molar-refractivity contribution < 1.29 is 13.2 Å². The summed E-state index contributed by atoms with van der Waals surface area (Å²) < 4.78 is 24.8. The Balaban J connectivity index is 1.77. The second-order valence-electron chi connectivity index (χ2n) is 5.68. The number of nitrogens with zero attached hydrogens (tertiary/aromatic N) is 2. The SMILES string of the molecule is CS(=O)(=O)N1CCCC1C(=O)Nc1nc(-c2cc(Cl)ccc2Cl)cs1. The molecule has 1 aromatic carbocycles. The summed E-state index contributed by atoms with van der Waals surface area (Å²) in [6.07, 6.45) is 2.27. The van der Waals surface area contributed by atoms with Crippen molar-refractivity contribution in [1.29, 1.82) is 0 Å². The molecule has 1 aliphatic rings. The maximum atomic E-state index is 12.4. The van der Waals surface area contributed by atoms with Gasteiger partial charge in [0.05, 0.1) is 17.0 Å². The van der Waals surface area contributed by atoms with Gasteiger partial charge in [0.25, 0.3) is 0 Å². The number of hydrogen-bond donors (Lipinski definition) is 1. The fourth-order valence-electron chi connectivity index (χ4n) is 2.74.